The second-order valence-electron chi connectivity index (χ2n) is 3.65. The fourth-order valence-corrected chi connectivity index (χ4v) is 3.09. The molecule has 1 aromatic rings. The highest BCUT2D eigenvalue weighted by atomic mass is 32.2. The summed E-state index contributed by atoms with van der Waals surface area (Å²) in [5.74, 6) is 0. The molecule has 2 heterocycles. The third kappa shape index (κ3) is 2.06. The van der Waals surface area contributed by atoms with Crippen LogP contribution in [0.4, 0.5) is 0 Å². The van der Waals surface area contributed by atoms with E-state index in [4.69, 9.17) is 4.42 Å². The van der Waals surface area contributed by atoms with Crippen molar-refractivity contribution in [2.75, 3.05) is 19.6 Å². The summed E-state index contributed by atoms with van der Waals surface area (Å²) in [6, 6.07) is 3.24. The maximum atomic E-state index is 12.0. The molecule has 15 heavy (non-hydrogen) atoms. The highest BCUT2D eigenvalue weighted by Crippen LogP contribution is 2.17. The number of rotatable bonds is 2. The van der Waals surface area contributed by atoms with E-state index < -0.39 is 10.0 Å². The van der Waals surface area contributed by atoms with Gasteiger partial charge in [0.25, 0.3) is 10.0 Å². The molecule has 1 aliphatic heterocycles. The van der Waals surface area contributed by atoms with Crippen LogP contribution in [0, 0.1) is 0 Å². The summed E-state index contributed by atoms with van der Waals surface area (Å²) >= 11 is 0. The molecule has 5 nitrogen and oxygen atoms in total. The third-order valence-electron chi connectivity index (χ3n) is 2.42. The van der Waals surface area contributed by atoms with Crippen LogP contribution in [0.25, 0.3) is 0 Å². The van der Waals surface area contributed by atoms with Crippen LogP contribution in [0.5, 0.6) is 0 Å². The number of nitrogens with zero attached hydrogens (tertiary/aromatic N) is 1. The van der Waals surface area contributed by atoms with Crippen LogP contribution in [0.2, 0.25) is 0 Å². The standard InChI is InChI=1S/C9H14N2O3S/c1-8-7-11(5-4-10-8)15(12,13)9-3-2-6-14-9/h2-3,6,8,10H,4-5,7H2,1H3. The number of furan rings is 1. The second kappa shape index (κ2) is 3.96. The first-order valence-electron chi connectivity index (χ1n) is 4.88. The molecule has 1 atom stereocenters. The molecule has 1 saturated heterocycles. The topological polar surface area (TPSA) is 62.6 Å². The van der Waals surface area contributed by atoms with Gasteiger partial charge in [0.2, 0.25) is 5.09 Å². The van der Waals surface area contributed by atoms with E-state index in [0.717, 1.165) is 0 Å². The minimum atomic E-state index is -3.42. The molecule has 0 amide bonds. The Morgan fingerprint density at radius 1 is 1.60 bits per heavy atom. The quantitative estimate of drug-likeness (QED) is 0.791. The van der Waals surface area contributed by atoms with Gasteiger partial charge in [0, 0.05) is 25.7 Å². The van der Waals surface area contributed by atoms with Crippen molar-refractivity contribution in [2.45, 2.75) is 18.1 Å². The van der Waals surface area contributed by atoms with Crippen molar-refractivity contribution in [1.82, 2.24) is 9.62 Å². The summed E-state index contributed by atoms with van der Waals surface area (Å²) in [6.07, 6.45) is 1.37. The first-order valence-corrected chi connectivity index (χ1v) is 6.32. The van der Waals surface area contributed by atoms with Crippen molar-refractivity contribution in [3.63, 3.8) is 0 Å². The molecule has 1 aliphatic rings. The average Bonchev–Trinajstić information content (AvgIpc) is 2.71. The first-order chi connectivity index (χ1) is 7.10. The molecule has 0 saturated carbocycles. The van der Waals surface area contributed by atoms with Gasteiger partial charge < -0.3 is 9.73 Å². The number of piperazine rings is 1. The zero-order valence-electron chi connectivity index (χ0n) is 8.51. The Morgan fingerprint density at radius 3 is 3.00 bits per heavy atom. The van der Waals surface area contributed by atoms with Crippen LogP contribution in [-0.4, -0.2) is 38.4 Å². The van der Waals surface area contributed by atoms with Gasteiger partial charge in [-0.25, -0.2) is 8.42 Å². The van der Waals surface area contributed by atoms with E-state index in [1.165, 1.54) is 16.6 Å². The van der Waals surface area contributed by atoms with Crippen molar-refractivity contribution in [2.24, 2.45) is 0 Å². The minimum Gasteiger partial charge on any atom is -0.452 e. The van der Waals surface area contributed by atoms with Crippen molar-refractivity contribution < 1.29 is 12.8 Å². The van der Waals surface area contributed by atoms with E-state index in [-0.39, 0.29) is 11.1 Å². The average molecular weight is 230 g/mol. The number of sulfonamides is 1. The lowest BCUT2D eigenvalue weighted by atomic mass is 10.3. The summed E-state index contributed by atoms with van der Waals surface area (Å²) in [4.78, 5) is 0. The van der Waals surface area contributed by atoms with Gasteiger partial charge in [-0.05, 0) is 19.1 Å². The van der Waals surface area contributed by atoms with Crippen LogP contribution in [0.3, 0.4) is 0 Å². The Balaban J connectivity index is 2.22. The Hall–Kier alpha value is -0.850. The van der Waals surface area contributed by atoms with E-state index in [1.807, 2.05) is 6.92 Å². The lowest BCUT2D eigenvalue weighted by Gasteiger charge is -2.30. The molecule has 1 unspecified atom stereocenters. The molecule has 0 radical (unpaired) electrons. The fraction of sp³-hybridized carbons (Fsp3) is 0.556. The maximum Gasteiger partial charge on any atom is 0.276 e. The van der Waals surface area contributed by atoms with Gasteiger partial charge in [-0.2, -0.15) is 4.31 Å². The van der Waals surface area contributed by atoms with E-state index in [9.17, 15) is 8.42 Å². The molecule has 0 aromatic carbocycles. The summed E-state index contributed by atoms with van der Waals surface area (Å²) in [6.45, 7) is 3.63. The molecule has 84 valence electrons. The second-order valence-corrected chi connectivity index (χ2v) is 5.52. The van der Waals surface area contributed by atoms with Crippen LogP contribution < -0.4 is 5.32 Å². The van der Waals surface area contributed by atoms with Gasteiger partial charge in [-0.1, -0.05) is 0 Å². The SMILES string of the molecule is CC1CN(S(=O)(=O)c2ccco2)CCN1. The largest absolute Gasteiger partial charge is 0.452 e. The Labute approximate surface area is 89.1 Å². The maximum absolute atomic E-state index is 12.0. The molecule has 1 N–H and O–H groups in total. The molecular weight excluding hydrogens is 216 g/mol. The van der Waals surface area contributed by atoms with Gasteiger partial charge in [-0.3, -0.25) is 0 Å². The Kier molecular flexibility index (Phi) is 2.81. The lowest BCUT2D eigenvalue weighted by molar-refractivity contribution is 0.301. The number of hydrogen-bond acceptors (Lipinski definition) is 4. The van der Waals surface area contributed by atoms with Gasteiger partial charge in [0.1, 0.15) is 0 Å². The van der Waals surface area contributed by atoms with E-state index >= 15 is 0 Å². The highest BCUT2D eigenvalue weighted by Gasteiger charge is 2.30. The summed E-state index contributed by atoms with van der Waals surface area (Å²) in [7, 11) is -3.42. The van der Waals surface area contributed by atoms with Crippen molar-refractivity contribution >= 4 is 10.0 Å². The molecule has 0 aliphatic carbocycles. The monoisotopic (exact) mass is 230 g/mol. The number of hydrogen-bond donors (Lipinski definition) is 1. The normalized spacial score (nSPS) is 24.2. The van der Waals surface area contributed by atoms with Gasteiger partial charge in [0.15, 0.2) is 0 Å². The van der Waals surface area contributed by atoms with E-state index in [1.54, 1.807) is 6.07 Å². The molecule has 0 bridgehead atoms. The van der Waals surface area contributed by atoms with Crippen LogP contribution >= 0.6 is 0 Å². The summed E-state index contributed by atoms with van der Waals surface area (Å²) < 4.78 is 30.4. The van der Waals surface area contributed by atoms with E-state index in [2.05, 4.69) is 5.32 Å². The third-order valence-corrected chi connectivity index (χ3v) is 4.17. The molecule has 0 spiro atoms. The highest BCUT2D eigenvalue weighted by molar-refractivity contribution is 7.89. The fourth-order valence-electron chi connectivity index (χ4n) is 1.65. The van der Waals surface area contributed by atoms with Crippen molar-refractivity contribution in [3.8, 4) is 0 Å². The smallest absolute Gasteiger partial charge is 0.276 e. The molecule has 1 fully saturated rings. The molecule has 2 rings (SSSR count). The predicted octanol–water partition coefficient (Wildman–Crippen LogP) is 0.262. The molecular formula is C9H14N2O3S. The molecule has 1 aromatic heterocycles. The van der Waals surface area contributed by atoms with Crippen LogP contribution in [-0.2, 0) is 10.0 Å². The van der Waals surface area contributed by atoms with Crippen LogP contribution in [0.15, 0.2) is 27.9 Å². The Morgan fingerprint density at radius 2 is 2.40 bits per heavy atom. The Bertz CT molecular complexity index is 413. The molecule has 6 heteroatoms. The lowest BCUT2D eigenvalue weighted by Crippen LogP contribution is -2.51. The van der Waals surface area contributed by atoms with Crippen molar-refractivity contribution in [1.29, 1.82) is 0 Å². The number of nitrogens with one attached hydrogen (secondary N) is 1. The van der Waals surface area contributed by atoms with Gasteiger partial charge >= 0.3 is 0 Å². The van der Waals surface area contributed by atoms with Crippen LogP contribution in [0.1, 0.15) is 6.92 Å². The first kappa shape index (κ1) is 10.7. The summed E-state index contributed by atoms with van der Waals surface area (Å²) in [5.41, 5.74) is 0. The summed E-state index contributed by atoms with van der Waals surface area (Å²) in [5, 5.41) is 3.22. The zero-order valence-corrected chi connectivity index (χ0v) is 9.33. The zero-order chi connectivity index (χ0) is 10.9. The van der Waals surface area contributed by atoms with Gasteiger partial charge in [-0.15, -0.1) is 0 Å². The minimum absolute atomic E-state index is 0.0246. The predicted molar refractivity (Wildman–Crippen MR) is 54.9 cm³/mol. The van der Waals surface area contributed by atoms with E-state index in [0.29, 0.717) is 19.6 Å². The van der Waals surface area contributed by atoms with Crippen molar-refractivity contribution in [3.05, 3.63) is 18.4 Å². The van der Waals surface area contributed by atoms with Gasteiger partial charge in [0.05, 0.1) is 6.26 Å².